The van der Waals surface area contributed by atoms with Gasteiger partial charge in [0.1, 0.15) is 11.4 Å². The first-order chi connectivity index (χ1) is 14.7. The van der Waals surface area contributed by atoms with Crippen LogP contribution in [0.4, 0.5) is 5.95 Å². The zero-order valence-electron chi connectivity index (χ0n) is 16.9. The van der Waals surface area contributed by atoms with Crippen LogP contribution < -0.4 is 4.90 Å². The number of rotatable bonds is 4. The first-order valence-electron chi connectivity index (χ1n) is 9.93. The molecule has 0 radical (unpaired) electrons. The molecule has 0 spiro atoms. The molecule has 1 saturated heterocycles. The predicted octanol–water partition coefficient (Wildman–Crippen LogP) is 3.82. The molecular weight excluding hydrogens is 396 g/mol. The molecule has 1 aliphatic rings. The summed E-state index contributed by atoms with van der Waals surface area (Å²) in [5.74, 6) is 0.833. The van der Waals surface area contributed by atoms with Gasteiger partial charge in [-0.05, 0) is 49.9 Å². The van der Waals surface area contributed by atoms with Crippen molar-refractivity contribution >= 4 is 28.6 Å². The molecule has 1 aliphatic heterocycles. The summed E-state index contributed by atoms with van der Waals surface area (Å²) in [5.41, 5.74) is 4.34. The Morgan fingerprint density at radius 1 is 0.900 bits per heavy atom. The van der Waals surface area contributed by atoms with E-state index in [1.807, 2.05) is 6.07 Å². The third-order valence-electron chi connectivity index (χ3n) is 5.14. The van der Waals surface area contributed by atoms with Crippen LogP contribution in [0.25, 0.3) is 16.6 Å². The second-order valence-corrected chi connectivity index (χ2v) is 8.31. The molecule has 3 heterocycles. The van der Waals surface area contributed by atoms with Crippen LogP contribution in [0.1, 0.15) is 11.1 Å². The Bertz CT molecular complexity index is 1180. The third kappa shape index (κ3) is 3.64. The second kappa shape index (κ2) is 8.04. The maximum absolute atomic E-state index is 5.52. The molecule has 0 aliphatic carbocycles. The van der Waals surface area contributed by atoms with Crippen LogP contribution in [-0.4, -0.2) is 51.0 Å². The molecule has 0 N–H and O–H groups in total. The zero-order chi connectivity index (χ0) is 20.5. The number of aryl methyl sites for hydroxylation is 2. The van der Waals surface area contributed by atoms with E-state index in [1.54, 1.807) is 6.33 Å². The predicted molar refractivity (Wildman–Crippen MR) is 118 cm³/mol. The van der Waals surface area contributed by atoms with Crippen LogP contribution in [0.5, 0.6) is 0 Å². The second-order valence-electron chi connectivity index (χ2n) is 7.35. The third-order valence-corrected chi connectivity index (χ3v) is 6.11. The average molecular weight is 419 g/mol. The summed E-state index contributed by atoms with van der Waals surface area (Å²) in [7, 11) is 0. The van der Waals surface area contributed by atoms with Gasteiger partial charge >= 0.3 is 0 Å². The topological polar surface area (TPSA) is 69.0 Å². The molecule has 30 heavy (non-hydrogen) atoms. The van der Waals surface area contributed by atoms with Crippen molar-refractivity contribution in [2.24, 2.45) is 0 Å². The van der Waals surface area contributed by atoms with E-state index in [4.69, 9.17) is 4.74 Å². The highest BCUT2D eigenvalue weighted by Gasteiger charge is 2.23. The van der Waals surface area contributed by atoms with E-state index in [-0.39, 0.29) is 0 Å². The molecule has 0 bridgehead atoms. The molecule has 0 saturated carbocycles. The van der Waals surface area contributed by atoms with Gasteiger partial charge in [0, 0.05) is 18.5 Å². The van der Waals surface area contributed by atoms with Crippen LogP contribution in [0.2, 0.25) is 0 Å². The fourth-order valence-corrected chi connectivity index (χ4v) is 4.44. The number of hydrogen-bond acceptors (Lipinski definition) is 7. The van der Waals surface area contributed by atoms with Gasteiger partial charge in [-0.1, -0.05) is 29.3 Å². The first kappa shape index (κ1) is 19.0. The van der Waals surface area contributed by atoms with Crippen molar-refractivity contribution < 1.29 is 4.74 Å². The lowest BCUT2D eigenvalue weighted by atomic mass is 10.2. The Kier molecular flexibility index (Phi) is 5.10. The Morgan fingerprint density at radius 2 is 1.67 bits per heavy atom. The lowest BCUT2D eigenvalue weighted by Crippen LogP contribution is -2.37. The summed E-state index contributed by atoms with van der Waals surface area (Å²) in [5, 5.41) is 11.8. The number of anilines is 1. The highest BCUT2D eigenvalue weighted by atomic mass is 32.2. The zero-order valence-corrected chi connectivity index (χ0v) is 17.8. The number of ether oxygens (including phenoxy) is 1. The molecule has 152 valence electrons. The van der Waals surface area contributed by atoms with Crippen molar-refractivity contribution in [1.29, 1.82) is 0 Å². The van der Waals surface area contributed by atoms with Gasteiger partial charge in [0.05, 0.1) is 24.4 Å². The van der Waals surface area contributed by atoms with E-state index < -0.39 is 0 Å². The standard InChI is InChI=1S/C22H22N6OS/c1-15-3-6-17(7-4-15)28-21(27-9-11-29-12-10-27)25-26-22(28)30-20-18-13-16(2)5-8-19(18)23-14-24-20/h3-8,13-14H,9-12H2,1-2H3. The largest absolute Gasteiger partial charge is 0.378 e. The molecule has 0 amide bonds. The van der Waals surface area contributed by atoms with Gasteiger partial charge in [0.15, 0.2) is 0 Å². The quantitative estimate of drug-likeness (QED) is 0.467. The van der Waals surface area contributed by atoms with Crippen molar-refractivity contribution in [3.63, 3.8) is 0 Å². The van der Waals surface area contributed by atoms with Crippen molar-refractivity contribution in [2.75, 3.05) is 31.2 Å². The van der Waals surface area contributed by atoms with Crippen molar-refractivity contribution in [1.82, 2.24) is 24.7 Å². The molecule has 0 unspecified atom stereocenters. The van der Waals surface area contributed by atoms with Crippen molar-refractivity contribution in [2.45, 2.75) is 24.0 Å². The minimum Gasteiger partial charge on any atom is -0.378 e. The molecule has 7 nitrogen and oxygen atoms in total. The monoisotopic (exact) mass is 418 g/mol. The molecule has 1 fully saturated rings. The van der Waals surface area contributed by atoms with Crippen LogP contribution in [0.15, 0.2) is 59.0 Å². The maximum atomic E-state index is 5.52. The van der Waals surface area contributed by atoms with Gasteiger partial charge in [0.25, 0.3) is 0 Å². The lowest BCUT2D eigenvalue weighted by Gasteiger charge is -2.27. The van der Waals surface area contributed by atoms with E-state index in [0.717, 1.165) is 45.8 Å². The van der Waals surface area contributed by atoms with Gasteiger partial charge in [0.2, 0.25) is 11.1 Å². The molecule has 2 aromatic carbocycles. The summed E-state index contributed by atoms with van der Waals surface area (Å²) >= 11 is 1.52. The SMILES string of the molecule is Cc1ccc(-n2c(Sc3ncnc4ccc(C)cc34)nnc2N2CCOCC2)cc1. The number of benzene rings is 2. The van der Waals surface area contributed by atoms with E-state index in [0.29, 0.717) is 13.2 Å². The van der Waals surface area contributed by atoms with Crippen LogP contribution >= 0.6 is 11.8 Å². The molecule has 2 aromatic heterocycles. The van der Waals surface area contributed by atoms with Crippen LogP contribution in [0.3, 0.4) is 0 Å². The number of morpholine rings is 1. The summed E-state index contributed by atoms with van der Waals surface area (Å²) in [6.45, 7) is 7.14. The highest BCUT2D eigenvalue weighted by molar-refractivity contribution is 7.99. The van der Waals surface area contributed by atoms with Gasteiger partial charge in [-0.2, -0.15) is 0 Å². The Hall–Kier alpha value is -2.97. The first-order valence-corrected chi connectivity index (χ1v) is 10.7. The van der Waals surface area contributed by atoms with Gasteiger partial charge in [-0.25, -0.2) is 9.97 Å². The van der Waals surface area contributed by atoms with Crippen LogP contribution in [-0.2, 0) is 4.74 Å². The van der Waals surface area contributed by atoms with E-state index in [9.17, 15) is 0 Å². The summed E-state index contributed by atoms with van der Waals surface area (Å²) in [4.78, 5) is 11.2. The Morgan fingerprint density at radius 3 is 2.47 bits per heavy atom. The van der Waals surface area contributed by atoms with Crippen LogP contribution in [0, 0.1) is 13.8 Å². The maximum Gasteiger partial charge on any atom is 0.232 e. The number of hydrogen-bond donors (Lipinski definition) is 0. The fourth-order valence-electron chi connectivity index (χ4n) is 3.53. The number of nitrogens with zero attached hydrogens (tertiary/aromatic N) is 6. The molecule has 4 aromatic rings. The lowest BCUT2D eigenvalue weighted by molar-refractivity contribution is 0.122. The van der Waals surface area contributed by atoms with Gasteiger partial charge in [-0.15, -0.1) is 10.2 Å². The smallest absolute Gasteiger partial charge is 0.232 e. The average Bonchev–Trinajstić information content (AvgIpc) is 3.19. The van der Waals surface area contributed by atoms with Gasteiger partial charge < -0.3 is 9.64 Å². The van der Waals surface area contributed by atoms with E-state index in [1.165, 1.54) is 22.9 Å². The van der Waals surface area contributed by atoms with E-state index >= 15 is 0 Å². The number of fused-ring (bicyclic) bond motifs is 1. The summed E-state index contributed by atoms with van der Waals surface area (Å²) < 4.78 is 7.63. The Labute approximate surface area is 179 Å². The van der Waals surface area contributed by atoms with E-state index in [2.05, 4.69) is 79.9 Å². The summed E-state index contributed by atoms with van der Waals surface area (Å²) in [6, 6.07) is 14.6. The summed E-state index contributed by atoms with van der Waals surface area (Å²) in [6.07, 6.45) is 1.61. The van der Waals surface area contributed by atoms with Crippen molar-refractivity contribution in [3.05, 3.63) is 59.9 Å². The minimum atomic E-state index is 0.694. The fraction of sp³-hybridized carbons (Fsp3) is 0.273. The normalized spacial score (nSPS) is 14.4. The van der Waals surface area contributed by atoms with Crippen molar-refractivity contribution in [3.8, 4) is 5.69 Å². The Balaban J connectivity index is 1.61. The number of aromatic nitrogens is 5. The molecule has 0 atom stereocenters. The molecule has 8 heteroatoms. The molecular formula is C22H22N6OS. The highest BCUT2D eigenvalue weighted by Crippen LogP contribution is 2.34. The minimum absolute atomic E-state index is 0.694. The molecule has 5 rings (SSSR count). The van der Waals surface area contributed by atoms with Gasteiger partial charge in [-0.3, -0.25) is 4.57 Å².